The maximum absolute atomic E-state index is 11.9. The molecule has 8 nitrogen and oxygen atoms in total. The molecule has 3 aromatic rings. The second kappa shape index (κ2) is 11.6. The Morgan fingerprint density at radius 3 is 2.09 bits per heavy atom. The van der Waals surface area contributed by atoms with Crippen molar-refractivity contribution in [2.45, 2.75) is 4.90 Å². The van der Waals surface area contributed by atoms with Gasteiger partial charge in [-0.2, -0.15) is 18.6 Å². The summed E-state index contributed by atoms with van der Waals surface area (Å²) in [4.78, 5) is 13.6. The van der Waals surface area contributed by atoms with Crippen molar-refractivity contribution in [3.05, 3.63) is 89.5 Å². The van der Waals surface area contributed by atoms with Gasteiger partial charge in [0, 0.05) is 23.8 Å². The average molecular weight is 500 g/mol. The lowest BCUT2D eigenvalue weighted by atomic mass is 10.2. The van der Waals surface area contributed by atoms with E-state index in [4.69, 9.17) is 20.9 Å². The average Bonchev–Trinajstić information content (AvgIpc) is 2.82. The van der Waals surface area contributed by atoms with Crippen LogP contribution in [-0.4, -0.2) is 39.1 Å². The van der Waals surface area contributed by atoms with Crippen molar-refractivity contribution in [3.63, 3.8) is 0 Å². The number of anilines is 1. The number of esters is 1. The lowest BCUT2D eigenvalue weighted by Crippen LogP contribution is -2.23. The maximum Gasteiger partial charge on any atom is 0.330 e. The van der Waals surface area contributed by atoms with E-state index in [0.29, 0.717) is 22.9 Å². The van der Waals surface area contributed by atoms with Crippen LogP contribution in [0, 0.1) is 0 Å². The Labute approximate surface area is 202 Å². The summed E-state index contributed by atoms with van der Waals surface area (Å²) in [5.74, 6) is -0.427. The molecule has 0 saturated carbocycles. The minimum absolute atomic E-state index is 0.206. The molecule has 0 heterocycles. The largest absolute Gasteiger partial charge is 0.461 e. The van der Waals surface area contributed by atoms with E-state index in [0.717, 1.165) is 11.3 Å². The van der Waals surface area contributed by atoms with Crippen LogP contribution < -0.4 is 4.90 Å². The molecular formula is C24H22ClN3O5S. The predicted molar refractivity (Wildman–Crippen MR) is 132 cm³/mol. The van der Waals surface area contributed by atoms with Gasteiger partial charge in [0.05, 0.1) is 22.8 Å². The second-order valence-electron chi connectivity index (χ2n) is 7.16. The van der Waals surface area contributed by atoms with Crippen LogP contribution in [0.25, 0.3) is 6.08 Å². The molecule has 0 radical (unpaired) electrons. The Hall–Kier alpha value is -3.53. The van der Waals surface area contributed by atoms with Gasteiger partial charge in [-0.25, -0.2) is 4.79 Å². The molecule has 0 fully saturated rings. The fourth-order valence-electron chi connectivity index (χ4n) is 2.77. The van der Waals surface area contributed by atoms with Gasteiger partial charge in [-0.3, -0.25) is 4.55 Å². The number of halogens is 1. The fraction of sp³-hybridized carbons (Fsp3) is 0.125. The van der Waals surface area contributed by atoms with E-state index >= 15 is 0 Å². The molecule has 1 N–H and O–H groups in total. The molecule has 0 saturated heterocycles. The predicted octanol–water partition coefficient (Wildman–Crippen LogP) is 5.69. The van der Waals surface area contributed by atoms with Crippen LogP contribution >= 0.6 is 11.6 Å². The highest BCUT2D eigenvalue weighted by molar-refractivity contribution is 7.85. The van der Waals surface area contributed by atoms with Crippen molar-refractivity contribution in [1.82, 2.24) is 0 Å². The molecule has 3 rings (SSSR count). The Morgan fingerprint density at radius 2 is 1.53 bits per heavy atom. The number of ether oxygens (including phenoxy) is 1. The van der Waals surface area contributed by atoms with E-state index in [-0.39, 0.29) is 11.5 Å². The van der Waals surface area contributed by atoms with Crippen LogP contribution in [0.3, 0.4) is 0 Å². The first kappa shape index (κ1) is 25.1. The summed E-state index contributed by atoms with van der Waals surface area (Å²) < 4.78 is 36.4. The van der Waals surface area contributed by atoms with E-state index in [1.54, 1.807) is 30.3 Å². The summed E-state index contributed by atoms with van der Waals surface area (Å²) in [6.45, 7) is 0.725. The van der Waals surface area contributed by atoms with Gasteiger partial charge >= 0.3 is 5.97 Å². The minimum Gasteiger partial charge on any atom is -0.461 e. The maximum atomic E-state index is 11.9. The summed E-state index contributed by atoms with van der Waals surface area (Å²) in [6, 6.07) is 19.8. The monoisotopic (exact) mass is 499 g/mol. The van der Waals surface area contributed by atoms with E-state index in [9.17, 15) is 13.2 Å². The number of carbonyl (C=O) groups excluding carboxylic acids is 1. The molecule has 0 aliphatic rings. The SMILES string of the molecule is CN(CCOC(=O)/C=C/c1ccc(Cl)cc1)c1ccc(N=Nc2ccc(S(=O)(=O)O)cc2)cc1. The Kier molecular flexibility index (Phi) is 8.53. The fourth-order valence-corrected chi connectivity index (χ4v) is 3.38. The molecule has 0 amide bonds. The lowest BCUT2D eigenvalue weighted by molar-refractivity contribution is -0.137. The summed E-state index contributed by atoms with van der Waals surface area (Å²) in [6.07, 6.45) is 3.04. The lowest BCUT2D eigenvalue weighted by Gasteiger charge is -2.18. The quantitative estimate of drug-likeness (QED) is 0.175. The zero-order chi connectivity index (χ0) is 24.6. The highest BCUT2D eigenvalue weighted by Crippen LogP contribution is 2.22. The first-order valence-electron chi connectivity index (χ1n) is 10.1. The first-order chi connectivity index (χ1) is 16.2. The smallest absolute Gasteiger partial charge is 0.330 e. The summed E-state index contributed by atoms with van der Waals surface area (Å²) in [5.41, 5.74) is 2.81. The van der Waals surface area contributed by atoms with E-state index in [1.165, 1.54) is 30.3 Å². The molecule has 3 aromatic carbocycles. The van der Waals surface area contributed by atoms with Gasteiger partial charge in [-0.05, 0) is 72.3 Å². The van der Waals surface area contributed by atoms with E-state index in [1.807, 2.05) is 36.2 Å². The Morgan fingerprint density at radius 1 is 0.971 bits per heavy atom. The van der Waals surface area contributed by atoms with Crippen LogP contribution in [0.2, 0.25) is 5.02 Å². The van der Waals surface area contributed by atoms with E-state index in [2.05, 4.69) is 10.2 Å². The third-order valence-corrected chi connectivity index (χ3v) is 5.78. The molecular weight excluding hydrogens is 478 g/mol. The van der Waals surface area contributed by atoms with Crippen molar-refractivity contribution in [1.29, 1.82) is 0 Å². The number of hydrogen-bond acceptors (Lipinski definition) is 7. The van der Waals surface area contributed by atoms with Crippen molar-refractivity contribution >= 4 is 50.8 Å². The number of likely N-dealkylation sites (N-methyl/N-ethyl adjacent to an activating group) is 1. The molecule has 34 heavy (non-hydrogen) atoms. The standard InChI is InChI=1S/C24H22ClN3O5S/c1-28(16-17-33-24(29)15-4-18-2-5-19(25)6-3-18)22-11-7-20(8-12-22)26-27-21-9-13-23(14-10-21)34(30,31)32/h2-15H,16-17H2,1H3,(H,30,31,32)/b15-4+,27-26?. The van der Waals surface area contributed by atoms with Crippen LogP contribution in [0.1, 0.15) is 5.56 Å². The summed E-state index contributed by atoms with van der Waals surface area (Å²) in [7, 11) is -2.36. The van der Waals surface area contributed by atoms with Crippen molar-refractivity contribution in [2.75, 3.05) is 25.1 Å². The Balaban J connectivity index is 1.47. The summed E-state index contributed by atoms with van der Waals surface area (Å²) >= 11 is 5.84. The number of benzene rings is 3. The second-order valence-corrected chi connectivity index (χ2v) is 9.02. The molecule has 0 spiro atoms. The van der Waals surface area contributed by atoms with Crippen LogP contribution in [0.15, 0.2) is 94.0 Å². The first-order valence-corrected chi connectivity index (χ1v) is 11.9. The highest BCUT2D eigenvalue weighted by atomic mass is 35.5. The minimum atomic E-state index is -4.24. The Bertz CT molecular complexity index is 1270. The van der Waals surface area contributed by atoms with E-state index < -0.39 is 16.1 Å². The summed E-state index contributed by atoms with van der Waals surface area (Å²) in [5, 5.41) is 8.80. The van der Waals surface area contributed by atoms with Crippen molar-refractivity contribution < 1.29 is 22.5 Å². The molecule has 176 valence electrons. The molecule has 0 bridgehead atoms. The van der Waals surface area contributed by atoms with Crippen LogP contribution in [0.4, 0.5) is 17.1 Å². The molecule has 0 aliphatic carbocycles. The number of carbonyl (C=O) groups is 1. The van der Waals surface area contributed by atoms with Gasteiger partial charge in [-0.1, -0.05) is 23.7 Å². The molecule has 0 aromatic heterocycles. The van der Waals surface area contributed by atoms with Crippen molar-refractivity contribution in [3.8, 4) is 0 Å². The van der Waals surface area contributed by atoms with Gasteiger partial charge in [-0.15, -0.1) is 0 Å². The third kappa shape index (κ3) is 7.80. The van der Waals surface area contributed by atoms with Crippen LogP contribution in [-0.2, 0) is 19.6 Å². The van der Waals surface area contributed by atoms with Crippen molar-refractivity contribution in [2.24, 2.45) is 10.2 Å². The molecule has 10 heteroatoms. The van der Waals surface area contributed by atoms with Gasteiger partial charge < -0.3 is 9.64 Å². The number of nitrogens with zero attached hydrogens (tertiary/aromatic N) is 3. The van der Waals surface area contributed by atoms with Gasteiger partial charge in [0.15, 0.2) is 0 Å². The van der Waals surface area contributed by atoms with Gasteiger partial charge in [0.1, 0.15) is 6.61 Å². The third-order valence-electron chi connectivity index (χ3n) is 4.66. The normalized spacial score (nSPS) is 11.7. The number of azo groups is 1. The molecule has 0 unspecified atom stereocenters. The number of hydrogen-bond donors (Lipinski definition) is 1. The number of rotatable bonds is 9. The van der Waals surface area contributed by atoms with Crippen LogP contribution in [0.5, 0.6) is 0 Å². The molecule has 0 aliphatic heterocycles. The highest BCUT2D eigenvalue weighted by Gasteiger charge is 2.08. The zero-order valence-electron chi connectivity index (χ0n) is 18.2. The van der Waals surface area contributed by atoms with Gasteiger partial charge in [0.25, 0.3) is 10.1 Å². The topological polar surface area (TPSA) is 109 Å². The zero-order valence-corrected chi connectivity index (χ0v) is 19.8. The molecule has 0 atom stereocenters. The van der Waals surface area contributed by atoms with Gasteiger partial charge in [0.2, 0.25) is 0 Å².